The van der Waals surface area contributed by atoms with E-state index in [4.69, 9.17) is 0 Å². The van der Waals surface area contributed by atoms with Crippen molar-refractivity contribution in [1.82, 2.24) is 24.5 Å². The molecule has 8 nitrogen and oxygen atoms in total. The minimum Gasteiger partial charge on any atom is -0.404 e. The second-order valence-electron chi connectivity index (χ2n) is 8.62. The van der Waals surface area contributed by atoms with Gasteiger partial charge in [0.15, 0.2) is 11.4 Å². The van der Waals surface area contributed by atoms with Crippen LogP contribution in [-0.2, 0) is 6.54 Å². The van der Waals surface area contributed by atoms with Crippen LogP contribution in [0.3, 0.4) is 0 Å². The van der Waals surface area contributed by atoms with Crippen molar-refractivity contribution in [3.05, 3.63) is 82.4 Å². The molecule has 1 aliphatic rings. The maximum atomic E-state index is 13.6. The number of benzene rings is 1. The van der Waals surface area contributed by atoms with Crippen LogP contribution in [0.4, 0.5) is 18.9 Å². The van der Waals surface area contributed by atoms with E-state index >= 15 is 0 Å². The zero-order chi connectivity index (χ0) is 25.3. The van der Waals surface area contributed by atoms with Crippen LogP contribution in [0.15, 0.2) is 59.9 Å². The molecule has 0 saturated carbocycles. The van der Waals surface area contributed by atoms with Crippen molar-refractivity contribution < 1.29 is 17.9 Å². The summed E-state index contributed by atoms with van der Waals surface area (Å²) >= 11 is 0. The molecule has 0 bridgehead atoms. The third-order valence-electron chi connectivity index (χ3n) is 6.40. The standard InChI is InChI=1S/C25H23F3N6O2/c1-16-20(31-9-8-29-16)15-34-23-19(30-10-11-32-23)14-18(24(34)35)17-6-12-33(13-7-17)21-4-2-3-5-22(21)36-25(26,27)28/h2-5,8-11,14,17H,6-7,12-13,15H2,1H3. The van der Waals surface area contributed by atoms with E-state index in [0.29, 0.717) is 54.0 Å². The lowest BCUT2D eigenvalue weighted by molar-refractivity contribution is -0.274. The fraction of sp³-hybridized carbons (Fsp3) is 0.320. The molecule has 1 aliphatic heterocycles. The van der Waals surface area contributed by atoms with E-state index < -0.39 is 6.36 Å². The highest BCUT2D eigenvalue weighted by Crippen LogP contribution is 2.36. The number of piperidine rings is 1. The van der Waals surface area contributed by atoms with Crippen molar-refractivity contribution in [2.75, 3.05) is 18.0 Å². The first-order chi connectivity index (χ1) is 17.3. The molecule has 4 heterocycles. The van der Waals surface area contributed by atoms with E-state index in [9.17, 15) is 18.0 Å². The number of nitrogens with zero attached hydrogens (tertiary/aromatic N) is 6. The molecule has 3 aromatic heterocycles. The van der Waals surface area contributed by atoms with Gasteiger partial charge in [-0.3, -0.25) is 24.3 Å². The normalized spacial score (nSPS) is 14.8. The Bertz CT molecular complexity index is 1450. The lowest BCUT2D eigenvalue weighted by atomic mass is 9.89. The van der Waals surface area contributed by atoms with Gasteiger partial charge in [-0.25, -0.2) is 4.98 Å². The van der Waals surface area contributed by atoms with Crippen molar-refractivity contribution >= 4 is 16.9 Å². The Labute approximate surface area is 204 Å². The Morgan fingerprint density at radius 1 is 1.00 bits per heavy atom. The van der Waals surface area contributed by atoms with Gasteiger partial charge in [-0.05, 0) is 43.9 Å². The first-order valence-electron chi connectivity index (χ1n) is 11.5. The molecule has 0 atom stereocenters. The maximum Gasteiger partial charge on any atom is 0.573 e. The summed E-state index contributed by atoms with van der Waals surface area (Å²) in [5, 5.41) is 0. The molecule has 0 N–H and O–H groups in total. The van der Waals surface area contributed by atoms with Crippen LogP contribution in [0.2, 0.25) is 0 Å². The first kappa shape index (κ1) is 23.7. The van der Waals surface area contributed by atoms with Gasteiger partial charge in [-0.2, -0.15) is 0 Å². The van der Waals surface area contributed by atoms with Gasteiger partial charge in [0.1, 0.15) is 5.52 Å². The number of alkyl halides is 3. The van der Waals surface area contributed by atoms with Crippen LogP contribution < -0.4 is 15.2 Å². The molecule has 1 saturated heterocycles. The molecule has 0 amide bonds. The van der Waals surface area contributed by atoms with Crippen LogP contribution in [0.25, 0.3) is 11.2 Å². The Balaban J connectivity index is 1.44. The predicted octanol–water partition coefficient (Wildman–Crippen LogP) is 4.22. The minimum atomic E-state index is -4.77. The van der Waals surface area contributed by atoms with Crippen molar-refractivity contribution in [2.45, 2.75) is 38.6 Å². The highest BCUT2D eigenvalue weighted by atomic mass is 19.4. The lowest BCUT2D eigenvalue weighted by Gasteiger charge is -2.34. The van der Waals surface area contributed by atoms with Gasteiger partial charge >= 0.3 is 6.36 Å². The van der Waals surface area contributed by atoms with Crippen LogP contribution in [0, 0.1) is 6.92 Å². The average Bonchev–Trinajstić information content (AvgIpc) is 2.86. The molecule has 0 spiro atoms. The number of para-hydroxylation sites is 2. The number of fused-ring (bicyclic) bond motifs is 1. The van der Waals surface area contributed by atoms with E-state index in [1.165, 1.54) is 12.1 Å². The number of halogens is 3. The molecule has 1 fully saturated rings. The van der Waals surface area contributed by atoms with E-state index in [1.54, 1.807) is 47.6 Å². The van der Waals surface area contributed by atoms with Crippen molar-refractivity contribution in [3.8, 4) is 5.75 Å². The topological polar surface area (TPSA) is 86.0 Å². The maximum absolute atomic E-state index is 13.6. The predicted molar refractivity (Wildman–Crippen MR) is 127 cm³/mol. The van der Waals surface area contributed by atoms with Crippen molar-refractivity contribution in [1.29, 1.82) is 0 Å². The molecule has 36 heavy (non-hydrogen) atoms. The quantitative estimate of drug-likeness (QED) is 0.409. The Kier molecular flexibility index (Phi) is 6.29. The van der Waals surface area contributed by atoms with Crippen LogP contribution >= 0.6 is 0 Å². The van der Waals surface area contributed by atoms with E-state index in [0.717, 1.165) is 5.69 Å². The highest BCUT2D eigenvalue weighted by Gasteiger charge is 2.33. The second kappa shape index (κ2) is 9.56. The fourth-order valence-electron chi connectivity index (χ4n) is 4.65. The van der Waals surface area contributed by atoms with Gasteiger partial charge < -0.3 is 9.64 Å². The largest absolute Gasteiger partial charge is 0.573 e. The smallest absolute Gasteiger partial charge is 0.404 e. The van der Waals surface area contributed by atoms with Crippen LogP contribution in [0.1, 0.15) is 35.7 Å². The van der Waals surface area contributed by atoms with Gasteiger partial charge in [0.25, 0.3) is 5.56 Å². The number of hydrogen-bond donors (Lipinski definition) is 0. The SMILES string of the molecule is Cc1nccnc1Cn1c(=O)c(C2CCN(c3ccccc3OC(F)(F)F)CC2)cc2nccnc21. The summed E-state index contributed by atoms with van der Waals surface area (Å²) in [6, 6.07) is 7.90. The summed E-state index contributed by atoms with van der Waals surface area (Å²) in [7, 11) is 0. The fourth-order valence-corrected chi connectivity index (χ4v) is 4.65. The zero-order valence-electron chi connectivity index (χ0n) is 19.4. The van der Waals surface area contributed by atoms with E-state index in [2.05, 4.69) is 24.7 Å². The second-order valence-corrected chi connectivity index (χ2v) is 8.62. The van der Waals surface area contributed by atoms with Gasteiger partial charge in [0.2, 0.25) is 0 Å². The monoisotopic (exact) mass is 496 g/mol. The van der Waals surface area contributed by atoms with Gasteiger partial charge in [-0.1, -0.05) is 12.1 Å². The summed E-state index contributed by atoms with van der Waals surface area (Å²) in [5.41, 5.74) is 3.27. The van der Waals surface area contributed by atoms with Gasteiger partial charge in [0, 0.05) is 43.4 Å². The Morgan fingerprint density at radius 3 is 2.44 bits per heavy atom. The third-order valence-corrected chi connectivity index (χ3v) is 6.40. The molecule has 4 aromatic rings. The number of ether oxygens (including phenoxy) is 1. The Morgan fingerprint density at radius 2 is 1.69 bits per heavy atom. The number of hydrogen-bond acceptors (Lipinski definition) is 7. The van der Waals surface area contributed by atoms with Gasteiger partial charge in [0.05, 0.1) is 23.6 Å². The van der Waals surface area contributed by atoms with Crippen LogP contribution in [0.5, 0.6) is 5.75 Å². The average molecular weight is 496 g/mol. The highest BCUT2D eigenvalue weighted by molar-refractivity contribution is 5.71. The lowest BCUT2D eigenvalue weighted by Crippen LogP contribution is -2.36. The summed E-state index contributed by atoms with van der Waals surface area (Å²) in [4.78, 5) is 32.9. The summed E-state index contributed by atoms with van der Waals surface area (Å²) in [5.74, 6) is -0.309. The molecule has 186 valence electrons. The summed E-state index contributed by atoms with van der Waals surface area (Å²) < 4.78 is 44.4. The third kappa shape index (κ3) is 4.86. The number of aromatic nitrogens is 5. The molecule has 11 heteroatoms. The molecule has 5 rings (SSSR count). The van der Waals surface area contributed by atoms with Crippen molar-refractivity contribution in [3.63, 3.8) is 0 Å². The zero-order valence-corrected chi connectivity index (χ0v) is 19.4. The molecular weight excluding hydrogens is 473 g/mol. The molecular formula is C25H23F3N6O2. The molecule has 1 aromatic carbocycles. The van der Waals surface area contributed by atoms with Crippen LogP contribution in [-0.4, -0.2) is 44.0 Å². The number of aryl methyl sites for hydroxylation is 1. The molecule has 0 unspecified atom stereocenters. The summed E-state index contributed by atoms with van der Waals surface area (Å²) in [6.07, 6.45) is 2.71. The van der Waals surface area contributed by atoms with E-state index in [-0.39, 0.29) is 23.8 Å². The number of rotatable bonds is 5. The number of anilines is 1. The molecule has 0 radical (unpaired) electrons. The summed E-state index contributed by atoms with van der Waals surface area (Å²) in [6.45, 7) is 3.00. The van der Waals surface area contributed by atoms with E-state index in [1.807, 2.05) is 11.8 Å². The Hall–Kier alpha value is -4.02. The molecule has 0 aliphatic carbocycles. The van der Waals surface area contributed by atoms with Gasteiger partial charge in [-0.15, -0.1) is 13.2 Å². The van der Waals surface area contributed by atoms with Crippen molar-refractivity contribution in [2.24, 2.45) is 0 Å². The first-order valence-corrected chi connectivity index (χ1v) is 11.5. The number of pyridine rings is 1. The minimum absolute atomic E-state index is 0.0787.